The van der Waals surface area contributed by atoms with Crippen molar-refractivity contribution >= 4 is 39.2 Å². The lowest BCUT2D eigenvalue weighted by molar-refractivity contribution is 0.101. The van der Waals surface area contributed by atoms with Crippen molar-refractivity contribution in [3.05, 3.63) is 52.5 Å². The first-order chi connectivity index (χ1) is 8.56. The maximum absolute atomic E-state index is 11.3. The predicted molar refractivity (Wildman–Crippen MR) is 79.1 cm³/mol. The van der Waals surface area contributed by atoms with Crippen LogP contribution < -0.4 is 5.73 Å². The third-order valence-electron chi connectivity index (χ3n) is 2.43. The molecule has 0 atom stereocenters. The van der Waals surface area contributed by atoms with Gasteiger partial charge in [-0.25, -0.2) is 0 Å². The molecule has 92 valence electrons. The standard InChI is InChI=1S/C14H12BrNOS/c1-9(17)13-6-5-12(8-14(13)16)18-11-4-2-3-10(15)7-11/h2-8H,16H2,1H3. The fourth-order valence-electron chi connectivity index (χ4n) is 1.59. The zero-order valence-electron chi connectivity index (χ0n) is 9.81. The van der Waals surface area contributed by atoms with Crippen LogP contribution in [0.15, 0.2) is 56.7 Å². The minimum absolute atomic E-state index is 0.00787. The maximum Gasteiger partial charge on any atom is 0.161 e. The van der Waals surface area contributed by atoms with Crippen LogP contribution in [0.25, 0.3) is 0 Å². The van der Waals surface area contributed by atoms with Crippen LogP contribution in [0.1, 0.15) is 17.3 Å². The highest BCUT2D eigenvalue weighted by molar-refractivity contribution is 9.10. The molecule has 18 heavy (non-hydrogen) atoms. The van der Waals surface area contributed by atoms with Crippen molar-refractivity contribution in [2.75, 3.05) is 5.73 Å². The molecule has 0 heterocycles. The molecule has 2 aromatic rings. The molecule has 2 N–H and O–H groups in total. The lowest BCUT2D eigenvalue weighted by atomic mass is 10.1. The van der Waals surface area contributed by atoms with Crippen LogP contribution in [0.3, 0.4) is 0 Å². The summed E-state index contributed by atoms with van der Waals surface area (Å²) in [5.41, 5.74) is 6.97. The smallest absolute Gasteiger partial charge is 0.161 e. The highest BCUT2D eigenvalue weighted by Gasteiger charge is 2.06. The van der Waals surface area contributed by atoms with E-state index in [-0.39, 0.29) is 5.78 Å². The summed E-state index contributed by atoms with van der Waals surface area (Å²) in [6, 6.07) is 13.6. The van der Waals surface area contributed by atoms with E-state index >= 15 is 0 Å². The van der Waals surface area contributed by atoms with Crippen molar-refractivity contribution < 1.29 is 4.79 Å². The molecular formula is C14H12BrNOS. The zero-order chi connectivity index (χ0) is 13.1. The third kappa shape index (κ3) is 3.15. The van der Waals surface area contributed by atoms with Crippen molar-refractivity contribution in [3.63, 3.8) is 0 Å². The van der Waals surface area contributed by atoms with E-state index in [0.717, 1.165) is 14.3 Å². The summed E-state index contributed by atoms with van der Waals surface area (Å²) < 4.78 is 1.04. The Morgan fingerprint density at radius 3 is 2.50 bits per heavy atom. The first-order valence-electron chi connectivity index (χ1n) is 5.40. The molecule has 0 aromatic heterocycles. The Hall–Kier alpha value is -1.26. The minimum Gasteiger partial charge on any atom is -0.398 e. The molecule has 0 spiro atoms. The highest BCUT2D eigenvalue weighted by Crippen LogP contribution is 2.31. The van der Waals surface area contributed by atoms with Gasteiger partial charge in [-0.2, -0.15) is 0 Å². The van der Waals surface area contributed by atoms with Gasteiger partial charge in [-0.15, -0.1) is 0 Å². The average molecular weight is 322 g/mol. The molecule has 0 saturated carbocycles. The number of halogens is 1. The molecule has 0 bridgehead atoms. The molecule has 0 aliphatic carbocycles. The number of carbonyl (C=O) groups excluding carboxylic acids is 1. The number of nitrogens with two attached hydrogens (primary N) is 1. The summed E-state index contributed by atoms with van der Waals surface area (Å²) in [4.78, 5) is 13.4. The number of rotatable bonds is 3. The fourth-order valence-corrected chi connectivity index (χ4v) is 3.07. The molecule has 0 aliphatic rings. The zero-order valence-corrected chi connectivity index (χ0v) is 12.2. The first kappa shape index (κ1) is 13.2. The summed E-state index contributed by atoms with van der Waals surface area (Å²) in [7, 11) is 0. The summed E-state index contributed by atoms with van der Waals surface area (Å²) >= 11 is 5.05. The Morgan fingerprint density at radius 1 is 1.17 bits per heavy atom. The number of hydrogen-bond acceptors (Lipinski definition) is 3. The highest BCUT2D eigenvalue weighted by atomic mass is 79.9. The Bertz CT molecular complexity index is 598. The monoisotopic (exact) mass is 321 g/mol. The van der Waals surface area contributed by atoms with E-state index < -0.39 is 0 Å². The van der Waals surface area contributed by atoms with E-state index in [2.05, 4.69) is 15.9 Å². The number of nitrogen functional groups attached to an aromatic ring is 1. The van der Waals surface area contributed by atoms with Gasteiger partial charge in [0.1, 0.15) is 0 Å². The van der Waals surface area contributed by atoms with Crippen molar-refractivity contribution in [2.24, 2.45) is 0 Å². The molecule has 0 saturated heterocycles. The second-order valence-corrected chi connectivity index (χ2v) is 5.93. The Kier molecular flexibility index (Phi) is 4.09. The van der Waals surface area contributed by atoms with Crippen molar-refractivity contribution in [3.8, 4) is 0 Å². The Balaban J connectivity index is 2.25. The molecule has 0 fully saturated rings. The van der Waals surface area contributed by atoms with Crippen molar-refractivity contribution in [2.45, 2.75) is 16.7 Å². The average Bonchev–Trinajstić information content (AvgIpc) is 2.28. The van der Waals surface area contributed by atoms with E-state index in [1.165, 1.54) is 6.92 Å². The van der Waals surface area contributed by atoms with Crippen LogP contribution in [0.4, 0.5) is 5.69 Å². The number of anilines is 1. The van der Waals surface area contributed by atoms with Gasteiger partial charge in [0, 0.05) is 25.5 Å². The number of carbonyl (C=O) groups is 1. The van der Waals surface area contributed by atoms with E-state index in [1.807, 2.05) is 36.4 Å². The van der Waals surface area contributed by atoms with Crippen LogP contribution >= 0.6 is 27.7 Å². The van der Waals surface area contributed by atoms with Gasteiger partial charge in [0.05, 0.1) is 0 Å². The lowest BCUT2D eigenvalue weighted by Crippen LogP contribution is -1.99. The minimum atomic E-state index is -0.00787. The van der Waals surface area contributed by atoms with Gasteiger partial charge >= 0.3 is 0 Å². The molecule has 0 unspecified atom stereocenters. The summed E-state index contributed by atoms with van der Waals surface area (Å²) in [6.45, 7) is 1.52. The molecular weight excluding hydrogens is 310 g/mol. The number of hydrogen-bond donors (Lipinski definition) is 1. The van der Waals surface area contributed by atoms with Gasteiger partial charge in [0.2, 0.25) is 0 Å². The van der Waals surface area contributed by atoms with E-state index in [0.29, 0.717) is 11.3 Å². The van der Waals surface area contributed by atoms with Gasteiger partial charge in [-0.05, 0) is 43.3 Å². The van der Waals surface area contributed by atoms with Gasteiger partial charge in [0.25, 0.3) is 0 Å². The van der Waals surface area contributed by atoms with Gasteiger partial charge in [-0.3, -0.25) is 4.79 Å². The Labute approximate surface area is 119 Å². The van der Waals surface area contributed by atoms with Crippen LogP contribution in [0, 0.1) is 0 Å². The van der Waals surface area contributed by atoms with Gasteiger partial charge < -0.3 is 5.73 Å². The molecule has 2 rings (SSSR count). The second-order valence-electron chi connectivity index (χ2n) is 3.86. The maximum atomic E-state index is 11.3. The van der Waals surface area contributed by atoms with Crippen LogP contribution in [0.5, 0.6) is 0 Å². The molecule has 0 aliphatic heterocycles. The van der Waals surface area contributed by atoms with Crippen LogP contribution in [-0.2, 0) is 0 Å². The van der Waals surface area contributed by atoms with E-state index in [1.54, 1.807) is 17.8 Å². The normalized spacial score (nSPS) is 10.3. The number of benzene rings is 2. The molecule has 2 nitrogen and oxygen atoms in total. The molecule has 2 aromatic carbocycles. The Morgan fingerprint density at radius 2 is 1.89 bits per heavy atom. The van der Waals surface area contributed by atoms with Crippen molar-refractivity contribution in [1.82, 2.24) is 0 Å². The summed E-state index contributed by atoms with van der Waals surface area (Å²) in [5.74, 6) is -0.00787. The summed E-state index contributed by atoms with van der Waals surface area (Å²) in [6.07, 6.45) is 0. The SMILES string of the molecule is CC(=O)c1ccc(Sc2cccc(Br)c2)cc1N. The largest absolute Gasteiger partial charge is 0.398 e. The number of ketones is 1. The third-order valence-corrected chi connectivity index (χ3v) is 3.91. The summed E-state index contributed by atoms with van der Waals surface area (Å²) in [5, 5.41) is 0. The topological polar surface area (TPSA) is 43.1 Å². The number of Topliss-reactive ketones (excluding diaryl/α,β-unsaturated/α-hetero) is 1. The lowest BCUT2D eigenvalue weighted by Gasteiger charge is -2.06. The van der Waals surface area contributed by atoms with E-state index in [4.69, 9.17) is 5.73 Å². The second kappa shape index (κ2) is 5.59. The van der Waals surface area contributed by atoms with E-state index in [9.17, 15) is 4.79 Å². The fraction of sp³-hybridized carbons (Fsp3) is 0.0714. The molecule has 4 heteroatoms. The first-order valence-corrected chi connectivity index (χ1v) is 7.01. The van der Waals surface area contributed by atoms with Gasteiger partial charge in [-0.1, -0.05) is 33.8 Å². The predicted octanol–water partition coefficient (Wildman–Crippen LogP) is 4.39. The van der Waals surface area contributed by atoms with Gasteiger partial charge in [0.15, 0.2) is 5.78 Å². The van der Waals surface area contributed by atoms with Crippen LogP contribution in [0.2, 0.25) is 0 Å². The van der Waals surface area contributed by atoms with Crippen molar-refractivity contribution in [1.29, 1.82) is 0 Å². The van der Waals surface area contributed by atoms with Crippen LogP contribution in [-0.4, -0.2) is 5.78 Å². The molecule has 0 amide bonds. The molecule has 0 radical (unpaired) electrons. The quantitative estimate of drug-likeness (QED) is 0.673.